The van der Waals surface area contributed by atoms with Gasteiger partial charge in [-0.15, -0.1) is 11.3 Å². The first kappa shape index (κ1) is 13.5. The van der Waals surface area contributed by atoms with Gasteiger partial charge in [0.2, 0.25) is 0 Å². The van der Waals surface area contributed by atoms with E-state index in [4.69, 9.17) is 20.8 Å². The lowest BCUT2D eigenvalue weighted by atomic mass is 10.4. The van der Waals surface area contributed by atoms with Gasteiger partial charge in [0.25, 0.3) is 0 Å². The molecule has 18 heavy (non-hydrogen) atoms. The molecule has 0 radical (unpaired) electrons. The van der Waals surface area contributed by atoms with Gasteiger partial charge in [-0.3, -0.25) is 0 Å². The van der Waals surface area contributed by atoms with Crippen LogP contribution in [0.1, 0.15) is 5.89 Å². The van der Waals surface area contributed by atoms with Gasteiger partial charge in [0.1, 0.15) is 0 Å². The Labute approximate surface area is 115 Å². The molecule has 0 bridgehead atoms. The number of halogens is 1. The van der Waals surface area contributed by atoms with Crippen molar-refractivity contribution < 1.29 is 9.15 Å². The molecule has 0 atom stereocenters. The van der Waals surface area contributed by atoms with Crippen LogP contribution in [0.25, 0.3) is 10.6 Å². The summed E-state index contributed by atoms with van der Waals surface area (Å²) in [5, 5.41) is 3.24. The van der Waals surface area contributed by atoms with Crippen LogP contribution in [-0.4, -0.2) is 31.8 Å². The van der Waals surface area contributed by atoms with E-state index >= 15 is 0 Å². The number of nitrogens with zero attached hydrogens (tertiary/aromatic N) is 1. The van der Waals surface area contributed by atoms with Gasteiger partial charge >= 0.3 is 0 Å². The maximum Gasteiger partial charge on any atom is 0.196 e. The van der Waals surface area contributed by atoms with Crippen LogP contribution < -0.4 is 5.32 Å². The van der Waals surface area contributed by atoms with Crippen molar-refractivity contribution in [3.63, 3.8) is 0 Å². The smallest absolute Gasteiger partial charge is 0.196 e. The van der Waals surface area contributed by atoms with Crippen LogP contribution in [0, 0.1) is 0 Å². The lowest BCUT2D eigenvalue weighted by Crippen LogP contribution is -2.21. The Morgan fingerprint density at radius 3 is 3.06 bits per heavy atom. The second kappa shape index (κ2) is 6.89. The summed E-state index contributed by atoms with van der Waals surface area (Å²) in [7, 11) is 1.69. The lowest BCUT2D eigenvalue weighted by molar-refractivity contribution is 0.199. The number of ether oxygens (including phenoxy) is 1. The van der Waals surface area contributed by atoms with Crippen LogP contribution in [0.4, 0.5) is 0 Å². The summed E-state index contributed by atoms with van der Waals surface area (Å²) in [5.74, 6) is 1.51. The fraction of sp³-hybridized carbons (Fsp3) is 0.417. The fourth-order valence-electron chi connectivity index (χ4n) is 1.48. The van der Waals surface area contributed by atoms with Crippen LogP contribution in [-0.2, 0) is 11.2 Å². The van der Waals surface area contributed by atoms with Crippen molar-refractivity contribution in [2.24, 2.45) is 0 Å². The normalized spacial score (nSPS) is 11.0. The summed E-state index contributed by atoms with van der Waals surface area (Å²) in [4.78, 5) is 5.25. The molecule has 2 rings (SSSR count). The first-order chi connectivity index (χ1) is 8.79. The van der Waals surface area contributed by atoms with Gasteiger partial charge in [-0.25, -0.2) is 4.98 Å². The van der Waals surface area contributed by atoms with Gasteiger partial charge in [-0.05, 0) is 12.1 Å². The summed E-state index contributed by atoms with van der Waals surface area (Å²) in [6.07, 6.45) is 2.51. The predicted molar refractivity (Wildman–Crippen MR) is 73.3 cm³/mol. The summed E-state index contributed by atoms with van der Waals surface area (Å²) in [6.45, 7) is 2.38. The first-order valence-electron chi connectivity index (χ1n) is 5.69. The third-order valence-corrected chi connectivity index (χ3v) is 3.61. The molecule has 98 valence electrons. The molecule has 0 aliphatic heterocycles. The highest BCUT2D eigenvalue weighted by atomic mass is 35.5. The molecule has 2 aromatic heterocycles. The third-order valence-electron chi connectivity index (χ3n) is 2.37. The molecule has 0 aliphatic rings. The monoisotopic (exact) mass is 286 g/mol. The van der Waals surface area contributed by atoms with E-state index in [1.165, 1.54) is 11.3 Å². The predicted octanol–water partition coefficient (Wildman–Crippen LogP) is 2.84. The van der Waals surface area contributed by atoms with Crippen LogP contribution in [0.3, 0.4) is 0 Å². The summed E-state index contributed by atoms with van der Waals surface area (Å²) >= 11 is 7.37. The molecule has 0 unspecified atom stereocenters. The van der Waals surface area contributed by atoms with Gasteiger partial charge in [0.15, 0.2) is 11.7 Å². The highest BCUT2D eigenvalue weighted by Gasteiger charge is 2.08. The SMILES string of the molecule is COCCNCCc1ncc(-c2ccc(Cl)s2)o1. The standard InChI is InChI=1S/C12H15ClN2O2S/c1-16-7-6-14-5-4-12-15-8-9(17-12)10-2-3-11(13)18-10/h2-3,8,14H,4-7H2,1H3. The van der Waals surface area contributed by atoms with E-state index in [1.54, 1.807) is 13.3 Å². The van der Waals surface area contributed by atoms with Crippen molar-refractivity contribution >= 4 is 22.9 Å². The number of thiophene rings is 1. The zero-order valence-electron chi connectivity index (χ0n) is 10.1. The Morgan fingerprint density at radius 1 is 1.44 bits per heavy atom. The number of methoxy groups -OCH3 is 1. The highest BCUT2D eigenvalue weighted by Crippen LogP contribution is 2.31. The Morgan fingerprint density at radius 2 is 2.33 bits per heavy atom. The van der Waals surface area contributed by atoms with Crippen LogP contribution in [0.5, 0.6) is 0 Å². The Bertz CT molecular complexity index is 484. The van der Waals surface area contributed by atoms with E-state index in [0.29, 0.717) is 6.61 Å². The minimum Gasteiger partial charge on any atom is -0.440 e. The Hall–Kier alpha value is -0.880. The maximum atomic E-state index is 5.88. The van der Waals surface area contributed by atoms with Gasteiger partial charge < -0.3 is 14.5 Å². The number of oxazole rings is 1. The van der Waals surface area contributed by atoms with E-state index in [1.807, 2.05) is 12.1 Å². The number of rotatable bonds is 7. The highest BCUT2D eigenvalue weighted by molar-refractivity contribution is 7.19. The third kappa shape index (κ3) is 3.81. The molecule has 0 fully saturated rings. The molecule has 2 heterocycles. The topological polar surface area (TPSA) is 47.3 Å². The van der Waals surface area contributed by atoms with Crippen molar-refractivity contribution in [3.8, 4) is 10.6 Å². The second-order valence-corrected chi connectivity index (χ2v) is 5.43. The van der Waals surface area contributed by atoms with Gasteiger partial charge in [-0.1, -0.05) is 11.6 Å². The van der Waals surface area contributed by atoms with E-state index in [9.17, 15) is 0 Å². The molecule has 0 aromatic carbocycles. The van der Waals surface area contributed by atoms with E-state index < -0.39 is 0 Å². The molecular weight excluding hydrogens is 272 g/mol. The molecule has 0 amide bonds. The average Bonchev–Trinajstić information content (AvgIpc) is 2.97. The summed E-state index contributed by atoms with van der Waals surface area (Å²) in [6, 6.07) is 3.80. The number of hydrogen-bond acceptors (Lipinski definition) is 5. The zero-order valence-corrected chi connectivity index (χ0v) is 11.7. The summed E-state index contributed by atoms with van der Waals surface area (Å²) in [5.41, 5.74) is 0. The molecule has 0 spiro atoms. The van der Waals surface area contributed by atoms with Crippen LogP contribution in [0.15, 0.2) is 22.7 Å². The zero-order chi connectivity index (χ0) is 12.8. The number of hydrogen-bond donors (Lipinski definition) is 1. The molecule has 0 aliphatic carbocycles. The van der Waals surface area contributed by atoms with Crippen molar-refractivity contribution in [1.29, 1.82) is 0 Å². The van der Waals surface area contributed by atoms with E-state index in [-0.39, 0.29) is 0 Å². The fourth-order valence-corrected chi connectivity index (χ4v) is 2.47. The van der Waals surface area contributed by atoms with Crippen molar-refractivity contribution in [3.05, 3.63) is 28.6 Å². The molecule has 1 N–H and O–H groups in total. The lowest BCUT2D eigenvalue weighted by Gasteiger charge is -2.00. The average molecular weight is 287 g/mol. The molecule has 2 aromatic rings. The Balaban J connectivity index is 1.83. The largest absolute Gasteiger partial charge is 0.440 e. The van der Waals surface area contributed by atoms with Crippen molar-refractivity contribution in [2.75, 3.05) is 26.8 Å². The molecule has 0 saturated carbocycles. The molecule has 4 nitrogen and oxygen atoms in total. The van der Waals surface area contributed by atoms with E-state index in [0.717, 1.165) is 40.4 Å². The Kier molecular flexibility index (Phi) is 5.19. The first-order valence-corrected chi connectivity index (χ1v) is 6.89. The van der Waals surface area contributed by atoms with Gasteiger partial charge in [0.05, 0.1) is 22.0 Å². The summed E-state index contributed by atoms with van der Waals surface area (Å²) < 4.78 is 11.4. The van der Waals surface area contributed by atoms with Crippen LogP contribution >= 0.6 is 22.9 Å². The minimum atomic E-state index is 0.713. The number of nitrogens with one attached hydrogen (secondary N) is 1. The molecule has 6 heteroatoms. The minimum absolute atomic E-state index is 0.713. The van der Waals surface area contributed by atoms with Crippen molar-refractivity contribution in [2.45, 2.75) is 6.42 Å². The quantitative estimate of drug-likeness (QED) is 0.795. The van der Waals surface area contributed by atoms with Gasteiger partial charge in [-0.2, -0.15) is 0 Å². The molecular formula is C12H15ClN2O2S. The van der Waals surface area contributed by atoms with Crippen molar-refractivity contribution in [1.82, 2.24) is 10.3 Å². The molecule has 0 saturated heterocycles. The van der Waals surface area contributed by atoms with Gasteiger partial charge in [0, 0.05) is 26.6 Å². The maximum absolute atomic E-state index is 5.88. The van der Waals surface area contributed by atoms with E-state index in [2.05, 4.69) is 10.3 Å². The second-order valence-electron chi connectivity index (χ2n) is 3.71. The number of aromatic nitrogens is 1. The van der Waals surface area contributed by atoms with Crippen LogP contribution in [0.2, 0.25) is 4.34 Å².